The summed E-state index contributed by atoms with van der Waals surface area (Å²) in [5.41, 5.74) is 0.0859. The van der Waals surface area contributed by atoms with Gasteiger partial charge in [0.25, 0.3) is 0 Å². The van der Waals surface area contributed by atoms with Gasteiger partial charge in [0, 0.05) is 25.6 Å². The van der Waals surface area contributed by atoms with E-state index >= 15 is 0 Å². The number of hydrogen-bond acceptors (Lipinski definition) is 6. The molecule has 1 saturated heterocycles. The van der Waals surface area contributed by atoms with Crippen LogP contribution in [0.1, 0.15) is 38.8 Å². The van der Waals surface area contributed by atoms with E-state index in [0.29, 0.717) is 11.3 Å². The fraction of sp³-hybridized carbons (Fsp3) is 0.476. The standard InChI is InChI=1S/C21H25FN6O3/c1-21(2,3)18(20(31)27-10-14(29)8-17(27)19(30)24-4)28-11-16(25-26-28)12-5-6-13(9-23)15(22)7-12/h5-7,11,14,17-18,29H,8,10H2,1-4H3,(H,24,30)/t14?,17-,18?/m1/s1. The molecule has 0 radical (unpaired) electrons. The maximum atomic E-state index is 14.0. The summed E-state index contributed by atoms with van der Waals surface area (Å²) in [6.45, 7) is 5.63. The highest BCUT2D eigenvalue weighted by Gasteiger charge is 2.45. The summed E-state index contributed by atoms with van der Waals surface area (Å²) >= 11 is 0. The first-order chi connectivity index (χ1) is 14.6. The second kappa shape index (κ2) is 8.43. The highest BCUT2D eigenvalue weighted by atomic mass is 19.1. The van der Waals surface area contributed by atoms with E-state index < -0.39 is 29.4 Å². The van der Waals surface area contributed by atoms with Crippen molar-refractivity contribution in [3.05, 3.63) is 35.8 Å². The van der Waals surface area contributed by atoms with Crippen molar-refractivity contribution in [3.8, 4) is 17.3 Å². The van der Waals surface area contributed by atoms with Crippen LogP contribution in [-0.4, -0.2) is 62.6 Å². The summed E-state index contributed by atoms with van der Waals surface area (Å²) in [6, 6.07) is 4.29. The van der Waals surface area contributed by atoms with Crippen LogP contribution in [0.25, 0.3) is 11.3 Å². The lowest BCUT2D eigenvalue weighted by atomic mass is 9.85. The van der Waals surface area contributed by atoms with Gasteiger partial charge in [0.2, 0.25) is 11.8 Å². The molecule has 0 saturated carbocycles. The Morgan fingerprint density at radius 1 is 1.39 bits per heavy atom. The van der Waals surface area contributed by atoms with Crippen LogP contribution in [-0.2, 0) is 9.59 Å². The Bertz CT molecular complexity index is 1040. The minimum atomic E-state index is -0.811. The molecule has 1 aromatic heterocycles. The van der Waals surface area contributed by atoms with E-state index in [0.717, 1.165) is 0 Å². The lowest BCUT2D eigenvalue weighted by molar-refractivity contribution is -0.144. The number of nitriles is 1. The van der Waals surface area contributed by atoms with Crippen LogP contribution >= 0.6 is 0 Å². The molecule has 2 unspecified atom stereocenters. The summed E-state index contributed by atoms with van der Waals surface area (Å²) in [7, 11) is 1.48. The number of aliphatic hydroxyl groups excluding tert-OH is 1. The van der Waals surface area contributed by atoms with Crippen molar-refractivity contribution in [1.82, 2.24) is 25.2 Å². The fourth-order valence-corrected chi connectivity index (χ4v) is 3.81. The second-order valence-electron chi connectivity index (χ2n) is 8.67. The largest absolute Gasteiger partial charge is 0.391 e. The van der Waals surface area contributed by atoms with Crippen molar-refractivity contribution in [2.75, 3.05) is 13.6 Å². The molecular formula is C21H25FN6O3. The van der Waals surface area contributed by atoms with Gasteiger partial charge in [-0.3, -0.25) is 9.59 Å². The predicted octanol–water partition coefficient (Wildman–Crippen LogP) is 1.25. The number of halogens is 1. The van der Waals surface area contributed by atoms with Gasteiger partial charge in [0.1, 0.15) is 29.7 Å². The average molecular weight is 428 g/mol. The molecule has 31 heavy (non-hydrogen) atoms. The normalized spacial score (nSPS) is 19.7. The number of nitrogens with one attached hydrogen (secondary N) is 1. The SMILES string of the molecule is CNC(=O)[C@H]1CC(O)CN1C(=O)C(n1cc(-c2ccc(C#N)c(F)c2)nn1)C(C)(C)C. The zero-order chi connectivity index (χ0) is 22.9. The van der Waals surface area contributed by atoms with Crippen LogP contribution < -0.4 is 5.32 Å². The van der Waals surface area contributed by atoms with Gasteiger partial charge < -0.3 is 15.3 Å². The summed E-state index contributed by atoms with van der Waals surface area (Å²) in [4.78, 5) is 27.1. The van der Waals surface area contributed by atoms with Crippen molar-refractivity contribution in [2.24, 2.45) is 5.41 Å². The van der Waals surface area contributed by atoms with Gasteiger partial charge >= 0.3 is 0 Å². The number of rotatable bonds is 4. The number of amides is 2. The molecule has 2 aromatic rings. The van der Waals surface area contributed by atoms with Crippen LogP contribution in [0.2, 0.25) is 0 Å². The first-order valence-corrected chi connectivity index (χ1v) is 9.88. The number of aliphatic hydroxyl groups is 1. The number of carbonyl (C=O) groups is 2. The number of likely N-dealkylation sites (N-methyl/N-ethyl adjacent to an activating group) is 1. The number of nitrogens with zero attached hydrogens (tertiary/aromatic N) is 5. The third kappa shape index (κ3) is 4.41. The quantitative estimate of drug-likeness (QED) is 0.755. The molecule has 10 heteroatoms. The first kappa shape index (κ1) is 22.4. The molecule has 2 N–H and O–H groups in total. The Balaban J connectivity index is 1.96. The zero-order valence-corrected chi connectivity index (χ0v) is 17.8. The zero-order valence-electron chi connectivity index (χ0n) is 17.8. The van der Waals surface area contributed by atoms with E-state index in [1.807, 2.05) is 20.8 Å². The van der Waals surface area contributed by atoms with E-state index in [2.05, 4.69) is 15.6 Å². The lowest BCUT2D eigenvalue weighted by Crippen LogP contribution is -2.49. The van der Waals surface area contributed by atoms with Gasteiger partial charge in [0.05, 0.1) is 17.9 Å². The summed E-state index contributed by atoms with van der Waals surface area (Å²) in [5.74, 6) is -1.37. The number of benzene rings is 1. The molecule has 1 aromatic carbocycles. The van der Waals surface area contributed by atoms with Gasteiger partial charge in [-0.2, -0.15) is 5.26 Å². The van der Waals surface area contributed by atoms with E-state index in [4.69, 9.17) is 5.26 Å². The Labute approximate surface area is 179 Å². The Morgan fingerprint density at radius 3 is 2.68 bits per heavy atom. The van der Waals surface area contributed by atoms with Crippen LogP contribution in [0.3, 0.4) is 0 Å². The first-order valence-electron chi connectivity index (χ1n) is 9.88. The molecule has 0 spiro atoms. The molecule has 1 fully saturated rings. The van der Waals surface area contributed by atoms with E-state index in [9.17, 15) is 19.1 Å². The number of aromatic nitrogens is 3. The molecule has 3 rings (SSSR count). The minimum Gasteiger partial charge on any atom is -0.391 e. The smallest absolute Gasteiger partial charge is 0.248 e. The Morgan fingerprint density at radius 2 is 2.10 bits per heavy atom. The molecular weight excluding hydrogens is 403 g/mol. The van der Waals surface area contributed by atoms with Gasteiger partial charge in [-0.1, -0.05) is 32.1 Å². The molecule has 3 atom stereocenters. The van der Waals surface area contributed by atoms with Crippen molar-refractivity contribution in [2.45, 2.75) is 45.4 Å². The van der Waals surface area contributed by atoms with Crippen LogP contribution in [0.5, 0.6) is 0 Å². The molecule has 164 valence electrons. The lowest BCUT2D eigenvalue weighted by Gasteiger charge is -2.34. The highest BCUT2D eigenvalue weighted by Crippen LogP contribution is 2.35. The minimum absolute atomic E-state index is 0.0475. The van der Waals surface area contributed by atoms with Crippen LogP contribution in [0, 0.1) is 22.6 Å². The van der Waals surface area contributed by atoms with Gasteiger partial charge in [0.15, 0.2) is 0 Å². The van der Waals surface area contributed by atoms with E-state index in [1.54, 1.807) is 12.1 Å². The summed E-state index contributed by atoms with van der Waals surface area (Å²) < 4.78 is 15.4. The molecule has 9 nitrogen and oxygen atoms in total. The van der Waals surface area contributed by atoms with E-state index in [-0.39, 0.29) is 30.3 Å². The Hall–Kier alpha value is -3.32. The molecule has 2 heterocycles. The maximum absolute atomic E-state index is 14.0. The molecule has 1 aliphatic rings. The molecule has 0 aliphatic carbocycles. The summed E-state index contributed by atoms with van der Waals surface area (Å²) in [6.07, 6.45) is 0.908. The fourth-order valence-electron chi connectivity index (χ4n) is 3.81. The molecule has 2 amide bonds. The van der Waals surface area contributed by atoms with Crippen LogP contribution in [0.4, 0.5) is 4.39 Å². The monoisotopic (exact) mass is 428 g/mol. The Kier molecular flexibility index (Phi) is 6.08. The van der Waals surface area contributed by atoms with Crippen molar-refractivity contribution in [3.63, 3.8) is 0 Å². The predicted molar refractivity (Wildman–Crippen MR) is 109 cm³/mol. The van der Waals surface area contributed by atoms with E-state index in [1.165, 1.54) is 35.0 Å². The van der Waals surface area contributed by atoms with Crippen molar-refractivity contribution in [1.29, 1.82) is 5.26 Å². The maximum Gasteiger partial charge on any atom is 0.248 e. The van der Waals surface area contributed by atoms with Crippen LogP contribution in [0.15, 0.2) is 24.4 Å². The number of likely N-dealkylation sites (tertiary alicyclic amines) is 1. The number of carbonyl (C=O) groups excluding carboxylic acids is 2. The average Bonchev–Trinajstić information content (AvgIpc) is 3.33. The topological polar surface area (TPSA) is 124 Å². The molecule has 0 bridgehead atoms. The second-order valence-corrected chi connectivity index (χ2v) is 8.67. The van der Waals surface area contributed by atoms with Crippen molar-refractivity contribution < 1.29 is 19.1 Å². The van der Waals surface area contributed by atoms with Crippen molar-refractivity contribution >= 4 is 11.8 Å². The van der Waals surface area contributed by atoms with Gasteiger partial charge in [-0.05, 0) is 17.5 Å². The van der Waals surface area contributed by atoms with Gasteiger partial charge in [-0.15, -0.1) is 5.10 Å². The summed E-state index contributed by atoms with van der Waals surface area (Å²) in [5, 5.41) is 29.7. The number of hydrogen-bond donors (Lipinski definition) is 2. The highest BCUT2D eigenvalue weighted by molar-refractivity contribution is 5.90. The third-order valence-electron chi connectivity index (χ3n) is 5.33. The van der Waals surface area contributed by atoms with Gasteiger partial charge in [-0.25, -0.2) is 9.07 Å². The third-order valence-corrected chi connectivity index (χ3v) is 5.33. The molecule has 1 aliphatic heterocycles. The number of β-amino-alcohol motifs (C(OH)–C–C–N with tert-alkyl or cyclic N) is 1.